The third-order valence-corrected chi connectivity index (χ3v) is 3.60. The second-order valence-electron chi connectivity index (χ2n) is 5.44. The molecule has 0 saturated carbocycles. The number of nitrogens with zero attached hydrogens (tertiary/aromatic N) is 4. The van der Waals surface area contributed by atoms with E-state index in [4.69, 9.17) is 10.8 Å². The highest BCUT2D eigenvalue weighted by Gasteiger charge is 2.19. The van der Waals surface area contributed by atoms with Gasteiger partial charge in [-0.25, -0.2) is 4.68 Å². The van der Waals surface area contributed by atoms with Crippen molar-refractivity contribution in [1.29, 1.82) is 0 Å². The van der Waals surface area contributed by atoms with Gasteiger partial charge in [0.2, 0.25) is 0 Å². The van der Waals surface area contributed by atoms with Crippen molar-refractivity contribution in [2.75, 3.05) is 0 Å². The Morgan fingerprint density at radius 3 is 2.50 bits per heavy atom. The van der Waals surface area contributed by atoms with Crippen LogP contribution in [0.2, 0.25) is 0 Å². The molecule has 0 radical (unpaired) electrons. The molecule has 0 spiro atoms. The molecule has 5 nitrogen and oxygen atoms in total. The van der Waals surface area contributed by atoms with E-state index in [1.807, 2.05) is 30.3 Å². The standard InChI is InChI=1S/C15H25N5/c1-6-12-9-13(7-2)20(18-12)15-14(8-10(3)16)11(4)17-19(15)5/h9-10H,6-8,16H2,1-5H3. The Morgan fingerprint density at radius 2 is 1.95 bits per heavy atom. The van der Waals surface area contributed by atoms with Gasteiger partial charge in [-0.1, -0.05) is 13.8 Å². The van der Waals surface area contributed by atoms with Gasteiger partial charge in [0.05, 0.1) is 11.4 Å². The Labute approximate surface area is 120 Å². The predicted octanol–water partition coefficient (Wildman–Crippen LogP) is 1.93. The normalized spacial score (nSPS) is 12.9. The summed E-state index contributed by atoms with van der Waals surface area (Å²) in [5, 5.41) is 9.28. The third-order valence-electron chi connectivity index (χ3n) is 3.60. The highest BCUT2D eigenvalue weighted by atomic mass is 15.4. The molecule has 20 heavy (non-hydrogen) atoms. The molecule has 2 heterocycles. The van der Waals surface area contributed by atoms with Gasteiger partial charge in [-0.05, 0) is 39.2 Å². The zero-order chi connectivity index (χ0) is 14.9. The van der Waals surface area contributed by atoms with Crippen LogP contribution in [0, 0.1) is 6.92 Å². The fourth-order valence-corrected chi connectivity index (χ4v) is 2.60. The maximum absolute atomic E-state index is 5.98. The van der Waals surface area contributed by atoms with Crippen LogP contribution in [0.3, 0.4) is 0 Å². The molecule has 2 N–H and O–H groups in total. The van der Waals surface area contributed by atoms with Crippen LogP contribution in [0.15, 0.2) is 6.07 Å². The van der Waals surface area contributed by atoms with E-state index < -0.39 is 0 Å². The van der Waals surface area contributed by atoms with Crippen LogP contribution < -0.4 is 5.73 Å². The van der Waals surface area contributed by atoms with Crippen molar-refractivity contribution in [3.8, 4) is 5.82 Å². The van der Waals surface area contributed by atoms with Gasteiger partial charge < -0.3 is 5.73 Å². The molecule has 1 unspecified atom stereocenters. The van der Waals surface area contributed by atoms with Crippen molar-refractivity contribution in [2.45, 2.75) is 53.0 Å². The average Bonchev–Trinajstić information content (AvgIpc) is 2.90. The van der Waals surface area contributed by atoms with Crippen molar-refractivity contribution in [1.82, 2.24) is 19.6 Å². The van der Waals surface area contributed by atoms with Gasteiger partial charge in [-0.15, -0.1) is 0 Å². The molecule has 2 aromatic heterocycles. The zero-order valence-electron chi connectivity index (χ0n) is 13.1. The van der Waals surface area contributed by atoms with Crippen LogP contribution in [0.4, 0.5) is 0 Å². The van der Waals surface area contributed by atoms with Crippen molar-refractivity contribution in [3.63, 3.8) is 0 Å². The van der Waals surface area contributed by atoms with Crippen LogP contribution in [0.25, 0.3) is 5.82 Å². The van der Waals surface area contributed by atoms with E-state index in [9.17, 15) is 0 Å². The maximum atomic E-state index is 5.98. The summed E-state index contributed by atoms with van der Waals surface area (Å²) in [7, 11) is 1.97. The summed E-state index contributed by atoms with van der Waals surface area (Å²) in [6.45, 7) is 8.35. The van der Waals surface area contributed by atoms with Gasteiger partial charge in [-0.2, -0.15) is 10.2 Å². The van der Waals surface area contributed by atoms with E-state index in [0.717, 1.165) is 36.5 Å². The van der Waals surface area contributed by atoms with Crippen molar-refractivity contribution in [2.24, 2.45) is 12.8 Å². The first-order chi connectivity index (χ1) is 9.47. The summed E-state index contributed by atoms with van der Waals surface area (Å²) < 4.78 is 3.95. The van der Waals surface area contributed by atoms with E-state index in [0.29, 0.717) is 0 Å². The number of hydrogen-bond acceptors (Lipinski definition) is 3. The third kappa shape index (κ3) is 2.63. The monoisotopic (exact) mass is 275 g/mol. The first kappa shape index (κ1) is 14.8. The van der Waals surface area contributed by atoms with Gasteiger partial charge in [0.1, 0.15) is 0 Å². The summed E-state index contributed by atoms with van der Waals surface area (Å²) in [6, 6.07) is 2.29. The molecular weight excluding hydrogens is 250 g/mol. The minimum atomic E-state index is 0.114. The molecule has 0 aliphatic heterocycles. The minimum Gasteiger partial charge on any atom is -0.328 e. The molecule has 2 aromatic rings. The van der Waals surface area contributed by atoms with Crippen molar-refractivity contribution in [3.05, 3.63) is 28.7 Å². The highest BCUT2D eigenvalue weighted by molar-refractivity contribution is 5.40. The van der Waals surface area contributed by atoms with Crippen molar-refractivity contribution < 1.29 is 0 Å². The Morgan fingerprint density at radius 1 is 1.25 bits per heavy atom. The fourth-order valence-electron chi connectivity index (χ4n) is 2.60. The summed E-state index contributed by atoms with van der Waals surface area (Å²) in [5.74, 6) is 1.05. The molecule has 1 atom stereocenters. The molecular formula is C15H25N5. The SMILES string of the molecule is CCc1cc(CC)n(-c2c(CC(C)N)c(C)nn2C)n1. The fraction of sp³-hybridized carbons (Fsp3) is 0.600. The molecule has 0 aliphatic rings. The van der Waals surface area contributed by atoms with Crippen LogP contribution in [-0.4, -0.2) is 25.6 Å². The Hall–Kier alpha value is -1.62. The molecule has 0 aromatic carbocycles. The lowest BCUT2D eigenvalue weighted by Crippen LogP contribution is -2.20. The second-order valence-corrected chi connectivity index (χ2v) is 5.44. The highest BCUT2D eigenvalue weighted by Crippen LogP contribution is 2.21. The van der Waals surface area contributed by atoms with Gasteiger partial charge >= 0.3 is 0 Å². The van der Waals surface area contributed by atoms with E-state index in [2.05, 4.69) is 25.0 Å². The van der Waals surface area contributed by atoms with Crippen LogP contribution in [0.5, 0.6) is 0 Å². The lowest BCUT2D eigenvalue weighted by Gasteiger charge is -2.11. The first-order valence-corrected chi connectivity index (χ1v) is 7.34. The summed E-state index contributed by atoms with van der Waals surface area (Å²) in [4.78, 5) is 0. The Balaban J connectivity index is 2.59. The Kier molecular flexibility index (Phi) is 4.28. The van der Waals surface area contributed by atoms with E-state index in [1.165, 1.54) is 11.3 Å². The largest absolute Gasteiger partial charge is 0.328 e. The summed E-state index contributed by atoms with van der Waals surface area (Å²) in [5.41, 5.74) is 10.6. The van der Waals surface area contributed by atoms with E-state index >= 15 is 0 Å². The molecule has 0 saturated heterocycles. The lowest BCUT2D eigenvalue weighted by molar-refractivity contribution is 0.663. The molecule has 0 fully saturated rings. The quantitative estimate of drug-likeness (QED) is 0.907. The van der Waals surface area contributed by atoms with Gasteiger partial charge in [0.15, 0.2) is 5.82 Å². The topological polar surface area (TPSA) is 61.7 Å². The van der Waals surface area contributed by atoms with Crippen molar-refractivity contribution >= 4 is 0 Å². The van der Waals surface area contributed by atoms with E-state index in [-0.39, 0.29) is 6.04 Å². The average molecular weight is 275 g/mol. The number of aryl methyl sites for hydroxylation is 4. The second kappa shape index (κ2) is 5.79. The van der Waals surface area contributed by atoms with Crippen LogP contribution >= 0.6 is 0 Å². The number of nitrogens with two attached hydrogens (primary N) is 1. The molecule has 0 aliphatic carbocycles. The molecule has 5 heteroatoms. The smallest absolute Gasteiger partial charge is 0.155 e. The molecule has 0 amide bonds. The van der Waals surface area contributed by atoms with Gasteiger partial charge in [0, 0.05) is 24.3 Å². The number of aromatic nitrogens is 4. The van der Waals surface area contributed by atoms with Crippen LogP contribution in [0.1, 0.15) is 43.4 Å². The number of rotatable bonds is 5. The number of hydrogen-bond donors (Lipinski definition) is 1. The Bertz CT molecular complexity index is 592. The lowest BCUT2D eigenvalue weighted by atomic mass is 10.1. The van der Waals surface area contributed by atoms with Gasteiger partial charge in [0.25, 0.3) is 0 Å². The summed E-state index contributed by atoms with van der Waals surface area (Å²) in [6.07, 6.45) is 2.72. The predicted molar refractivity (Wildman–Crippen MR) is 81.2 cm³/mol. The first-order valence-electron chi connectivity index (χ1n) is 7.34. The van der Waals surface area contributed by atoms with Gasteiger partial charge in [-0.3, -0.25) is 4.68 Å². The van der Waals surface area contributed by atoms with Crippen LogP contribution in [-0.2, 0) is 26.3 Å². The van der Waals surface area contributed by atoms with E-state index in [1.54, 1.807) is 0 Å². The maximum Gasteiger partial charge on any atom is 0.155 e. The minimum absolute atomic E-state index is 0.114. The summed E-state index contributed by atoms with van der Waals surface area (Å²) >= 11 is 0. The zero-order valence-corrected chi connectivity index (χ0v) is 13.1. The molecule has 0 bridgehead atoms. The molecule has 110 valence electrons. The molecule has 2 rings (SSSR count).